The minimum Gasteiger partial charge on any atom is -0.308 e. The lowest BCUT2D eigenvalue weighted by Gasteiger charge is -2.29. The fraction of sp³-hybridized carbons (Fsp3) is 0.889. The molecule has 0 heterocycles. The summed E-state index contributed by atoms with van der Waals surface area (Å²) in [4.78, 5) is 0. The number of hydrogen-bond acceptors (Lipinski definition) is 3. The lowest BCUT2D eigenvalue weighted by molar-refractivity contribution is 0.257. The summed E-state index contributed by atoms with van der Waals surface area (Å²) in [5.74, 6) is 1.24. The standard InChI is InChI=1S/C9H21N3/c1-7(2)8(3)6-9(4,10)12-11-5/h7-8,12H,5-6,10H2,1-4H3/t8?,9-/m0/s1. The number of nitrogens with zero attached hydrogens (tertiary/aromatic N) is 1. The maximum absolute atomic E-state index is 5.92. The second-order valence-electron chi connectivity index (χ2n) is 4.11. The van der Waals surface area contributed by atoms with Crippen LogP contribution in [0.2, 0.25) is 0 Å². The molecule has 0 aliphatic carbocycles. The van der Waals surface area contributed by atoms with E-state index in [1.807, 2.05) is 6.92 Å². The summed E-state index contributed by atoms with van der Waals surface area (Å²) >= 11 is 0. The number of hydrazone groups is 1. The molecule has 2 atom stereocenters. The molecule has 0 aromatic rings. The number of nitrogens with one attached hydrogen (secondary N) is 1. The van der Waals surface area contributed by atoms with Gasteiger partial charge in [0, 0.05) is 6.72 Å². The lowest BCUT2D eigenvalue weighted by Crippen LogP contribution is -2.49. The van der Waals surface area contributed by atoms with Crippen molar-refractivity contribution in [3.8, 4) is 0 Å². The maximum atomic E-state index is 5.92. The molecule has 0 saturated carbocycles. The molecule has 0 aliphatic rings. The van der Waals surface area contributed by atoms with Crippen LogP contribution >= 0.6 is 0 Å². The van der Waals surface area contributed by atoms with Gasteiger partial charge < -0.3 is 5.73 Å². The van der Waals surface area contributed by atoms with E-state index in [1.54, 1.807) is 0 Å². The lowest BCUT2D eigenvalue weighted by atomic mass is 9.89. The van der Waals surface area contributed by atoms with Crippen LogP contribution in [0, 0.1) is 11.8 Å². The largest absolute Gasteiger partial charge is 0.308 e. The molecular weight excluding hydrogens is 150 g/mol. The average Bonchev–Trinajstić information content (AvgIpc) is 1.85. The van der Waals surface area contributed by atoms with Gasteiger partial charge in [-0.2, -0.15) is 5.10 Å². The highest BCUT2D eigenvalue weighted by molar-refractivity contribution is 5.22. The van der Waals surface area contributed by atoms with E-state index in [4.69, 9.17) is 5.73 Å². The van der Waals surface area contributed by atoms with Crippen LogP contribution in [0.1, 0.15) is 34.1 Å². The van der Waals surface area contributed by atoms with Crippen LogP contribution in [0.3, 0.4) is 0 Å². The zero-order valence-electron chi connectivity index (χ0n) is 8.59. The first-order valence-electron chi connectivity index (χ1n) is 4.41. The van der Waals surface area contributed by atoms with Crippen LogP contribution in [0.4, 0.5) is 0 Å². The Hall–Kier alpha value is -0.570. The molecule has 0 bridgehead atoms. The maximum Gasteiger partial charge on any atom is 0.0993 e. The first-order chi connectivity index (χ1) is 5.39. The second kappa shape index (κ2) is 4.45. The van der Waals surface area contributed by atoms with E-state index in [0.29, 0.717) is 11.8 Å². The van der Waals surface area contributed by atoms with Crippen molar-refractivity contribution in [1.82, 2.24) is 5.43 Å². The quantitative estimate of drug-likeness (QED) is 0.374. The molecule has 3 N–H and O–H groups in total. The Bertz CT molecular complexity index is 141. The predicted octanol–water partition coefficient (Wildman–Crippen LogP) is 1.55. The Labute approximate surface area is 75.4 Å². The van der Waals surface area contributed by atoms with Gasteiger partial charge in [-0.25, -0.2) is 0 Å². The predicted molar refractivity (Wildman–Crippen MR) is 53.9 cm³/mol. The second-order valence-corrected chi connectivity index (χ2v) is 4.11. The van der Waals surface area contributed by atoms with Crippen LogP contribution < -0.4 is 11.2 Å². The van der Waals surface area contributed by atoms with Crippen molar-refractivity contribution in [3.05, 3.63) is 0 Å². The molecule has 3 nitrogen and oxygen atoms in total. The molecular formula is C9H21N3. The van der Waals surface area contributed by atoms with Gasteiger partial charge in [0.1, 0.15) is 0 Å². The van der Waals surface area contributed by atoms with Gasteiger partial charge >= 0.3 is 0 Å². The van der Waals surface area contributed by atoms with Gasteiger partial charge in [0.2, 0.25) is 0 Å². The Balaban J connectivity index is 3.95. The van der Waals surface area contributed by atoms with E-state index < -0.39 is 5.66 Å². The topological polar surface area (TPSA) is 50.4 Å². The van der Waals surface area contributed by atoms with Crippen molar-refractivity contribution in [2.75, 3.05) is 0 Å². The molecule has 0 amide bonds. The molecule has 0 fully saturated rings. The van der Waals surface area contributed by atoms with Crippen molar-refractivity contribution in [2.45, 2.75) is 39.8 Å². The third kappa shape index (κ3) is 4.34. The zero-order chi connectivity index (χ0) is 9.78. The Kier molecular flexibility index (Phi) is 4.24. The average molecular weight is 171 g/mol. The van der Waals surface area contributed by atoms with Gasteiger partial charge in [0.25, 0.3) is 0 Å². The van der Waals surface area contributed by atoms with Crippen LogP contribution in [0.15, 0.2) is 5.10 Å². The summed E-state index contributed by atoms with van der Waals surface area (Å²) in [5.41, 5.74) is 8.30. The fourth-order valence-corrected chi connectivity index (χ4v) is 1.13. The highest BCUT2D eigenvalue weighted by Gasteiger charge is 2.21. The molecule has 0 aromatic carbocycles. The molecule has 1 unspecified atom stereocenters. The Morgan fingerprint density at radius 2 is 2.00 bits per heavy atom. The summed E-state index contributed by atoms with van der Waals surface area (Å²) in [6.45, 7) is 11.9. The van der Waals surface area contributed by atoms with Gasteiger partial charge in [-0.15, -0.1) is 0 Å². The Morgan fingerprint density at radius 1 is 1.50 bits per heavy atom. The smallest absolute Gasteiger partial charge is 0.0993 e. The normalized spacial score (nSPS) is 18.5. The van der Waals surface area contributed by atoms with E-state index in [-0.39, 0.29) is 0 Å². The van der Waals surface area contributed by atoms with Gasteiger partial charge in [-0.05, 0) is 25.2 Å². The highest BCUT2D eigenvalue weighted by Crippen LogP contribution is 2.19. The van der Waals surface area contributed by atoms with Crippen LogP contribution in [0.25, 0.3) is 0 Å². The van der Waals surface area contributed by atoms with Crippen molar-refractivity contribution < 1.29 is 0 Å². The summed E-state index contributed by atoms with van der Waals surface area (Å²) in [6, 6.07) is 0. The molecule has 0 radical (unpaired) electrons. The summed E-state index contributed by atoms with van der Waals surface area (Å²) in [7, 11) is 0. The first kappa shape index (κ1) is 11.4. The van der Waals surface area contributed by atoms with Gasteiger partial charge in [-0.3, -0.25) is 5.43 Å². The minimum absolute atomic E-state index is 0.425. The monoisotopic (exact) mass is 171 g/mol. The van der Waals surface area contributed by atoms with Crippen molar-refractivity contribution in [2.24, 2.45) is 22.7 Å². The minimum atomic E-state index is -0.425. The number of nitrogens with two attached hydrogens (primary N) is 1. The number of hydrogen-bond donors (Lipinski definition) is 2. The van der Waals surface area contributed by atoms with Crippen molar-refractivity contribution in [1.29, 1.82) is 0 Å². The Morgan fingerprint density at radius 3 is 2.33 bits per heavy atom. The van der Waals surface area contributed by atoms with E-state index in [9.17, 15) is 0 Å². The van der Waals surface area contributed by atoms with Crippen LogP contribution in [-0.2, 0) is 0 Å². The van der Waals surface area contributed by atoms with E-state index in [2.05, 4.69) is 38.0 Å². The molecule has 72 valence electrons. The van der Waals surface area contributed by atoms with E-state index >= 15 is 0 Å². The summed E-state index contributed by atoms with van der Waals surface area (Å²) in [5, 5.41) is 3.59. The van der Waals surface area contributed by atoms with Gasteiger partial charge in [0.15, 0.2) is 0 Å². The SMILES string of the molecule is C=NN[C@](C)(N)CC(C)C(C)C. The first-order valence-corrected chi connectivity index (χ1v) is 4.41. The highest BCUT2D eigenvalue weighted by atomic mass is 15.4. The molecule has 3 heteroatoms. The van der Waals surface area contributed by atoms with Gasteiger partial charge in [-0.1, -0.05) is 20.8 Å². The van der Waals surface area contributed by atoms with Gasteiger partial charge in [0.05, 0.1) is 5.66 Å². The summed E-state index contributed by atoms with van der Waals surface area (Å²) in [6.07, 6.45) is 0.906. The van der Waals surface area contributed by atoms with E-state index in [1.165, 1.54) is 0 Å². The molecule has 0 aromatic heterocycles. The van der Waals surface area contributed by atoms with Crippen molar-refractivity contribution >= 4 is 6.72 Å². The molecule has 0 spiro atoms. The molecule has 0 saturated heterocycles. The molecule has 0 rings (SSSR count). The third-order valence-electron chi connectivity index (χ3n) is 2.22. The van der Waals surface area contributed by atoms with E-state index in [0.717, 1.165) is 6.42 Å². The zero-order valence-corrected chi connectivity index (χ0v) is 8.59. The number of rotatable bonds is 5. The summed E-state index contributed by atoms with van der Waals surface area (Å²) < 4.78 is 0. The van der Waals surface area contributed by atoms with Crippen LogP contribution in [-0.4, -0.2) is 12.4 Å². The molecule has 0 aliphatic heterocycles. The van der Waals surface area contributed by atoms with Crippen molar-refractivity contribution in [3.63, 3.8) is 0 Å². The third-order valence-corrected chi connectivity index (χ3v) is 2.22. The fourth-order valence-electron chi connectivity index (χ4n) is 1.13. The van der Waals surface area contributed by atoms with Crippen LogP contribution in [0.5, 0.6) is 0 Å². The molecule has 12 heavy (non-hydrogen) atoms.